The zero-order valence-corrected chi connectivity index (χ0v) is 24.3. The van der Waals surface area contributed by atoms with Crippen LogP contribution < -0.4 is 9.62 Å². The number of aryl methyl sites for hydroxylation is 3. The first kappa shape index (κ1) is 29.9. The summed E-state index contributed by atoms with van der Waals surface area (Å²) in [6, 6.07) is 21.1. The lowest BCUT2D eigenvalue weighted by Gasteiger charge is -2.32. The highest BCUT2D eigenvalue weighted by molar-refractivity contribution is 7.92. The Balaban J connectivity index is 2.01. The van der Waals surface area contributed by atoms with Crippen LogP contribution in [0.1, 0.15) is 42.5 Å². The van der Waals surface area contributed by atoms with Crippen molar-refractivity contribution in [2.45, 2.75) is 58.4 Å². The highest BCUT2D eigenvalue weighted by Gasteiger charge is 2.33. The molecule has 3 rings (SSSR count). The number of carbonyl (C=O) groups excluding carboxylic acids is 2. The Kier molecular flexibility index (Phi) is 10.3. The van der Waals surface area contributed by atoms with E-state index in [-0.39, 0.29) is 17.3 Å². The maximum absolute atomic E-state index is 14.0. The van der Waals surface area contributed by atoms with Crippen molar-refractivity contribution in [2.24, 2.45) is 0 Å². The van der Waals surface area contributed by atoms with Gasteiger partial charge in [-0.2, -0.15) is 0 Å². The fourth-order valence-electron chi connectivity index (χ4n) is 4.30. The minimum absolute atomic E-state index is 0.103. The molecule has 0 heterocycles. The number of anilines is 1. The SMILES string of the molecule is CCCNC(=O)C(C)N(CCc1ccccc1)C(=O)CN(c1cc(C)ccc1C)S(=O)(=O)c1ccc(C)cc1. The van der Waals surface area contributed by atoms with Crippen molar-refractivity contribution >= 4 is 27.5 Å². The molecule has 3 aromatic carbocycles. The number of hydrogen-bond donors (Lipinski definition) is 1. The lowest BCUT2D eigenvalue weighted by Crippen LogP contribution is -2.52. The maximum atomic E-state index is 14.0. The monoisotopic (exact) mass is 549 g/mol. The molecule has 0 radical (unpaired) electrons. The molecule has 3 aromatic rings. The summed E-state index contributed by atoms with van der Waals surface area (Å²) in [5.74, 6) is -0.709. The average Bonchev–Trinajstić information content (AvgIpc) is 2.92. The van der Waals surface area contributed by atoms with E-state index in [4.69, 9.17) is 0 Å². The number of amides is 2. The largest absolute Gasteiger partial charge is 0.354 e. The average molecular weight is 550 g/mol. The maximum Gasteiger partial charge on any atom is 0.264 e. The highest BCUT2D eigenvalue weighted by Crippen LogP contribution is 2.28. The summed E-state index contributed by atoms with van der Waals surface area (Å²) in [4.78, 5) is 28.5. The second kappa shape index (κ2) is 13.4. The van der Waals surface area contributed by atoms with Crippen molar-refractivity contribution < 1.29 is 18.0 Å². The number of carbonyl (C=O) groups is 2. The van der Waals surface area contributed by atoms with Gasteiger partial charge in [0.1, 0.15) is 12.6 Å². The number of benzene rings is 3. The van der Waals surface area contributed by atoms with Gasteiger partial charge >= 0.3 is 0 Å². The van der Waals surface area contributed by atoms with Crippen LogP contribution in [0.25, 0.3) is 0 Å². The normalized spacial score (nSPS) is 12.0. The van der Waals surface area contributed by atoms with Crippen molar-refractivity contribution in [3.63, 3.8) is 0 Å². The van der Waals surface area contributed by atoms with Crippen LogP contribution in [0.3, 0.4) is 0 Å². The molecule has 7 nitrogen and oxygen atoms in total. The Labute approximate surface area is 232 Å². The predicted molar refractivity (Wildman–Crippen MR) is 156 cm³/mol. The van der Waals surface area contributed by atoms with Gasteiger partial charge in [0.15, 0.2) is 0 Å². The molecule has 1 unspecified atom stereocenters. The summed E-state index contributed by atoms with van der Waals surface area (Å²) in [5, 5.41) is 2.86. The van der Waals surface area contributed by atoms with Gasteiger partial charge in [-0.3, -0.25) is 13.9 Å². The van der Waals surface area contributed by atoms with Gasteiger partial charge in [-0.05, 0) is 75.4 Å². The molecule has 0 aliphatic heterocycles. The molecule has 0 fully saturated rings. The van der Waals surface area contributed by atoms with Gasteiger partial charge in [-0.15, -0.1) is 0 Å². The van der Waals surface area contributed by atoms with Gasteiger partial charge in [0.05, 0.1) is 10.6 Å². The summed E-state index contributed by atoms with van der Waals surface area (Å²) in [6.45, 7) is 9.58. The molecule has 0 aliphatic carbocycles. The molecule has 0 aliphatic rings. The summed E-state index contributed by atoms with van der Waals surface area (Å²) in [5.41, 5.74) is 4.00. The molecular weight excluding hydrogens is 510 g/mol. The van der Waals surface area contributed by atoms with Gasteiger partial charge in [-0.25, -0.2) is 8.42 Å². The van der Waals surface area contributed by atoms with Crippen LogP contribution >= 0.6 is 0 Å². The van der Waals surface area contributed by atoms with E-state index in [0.29, 0.717) is 18.7 Å². The van der Waals surface area contributed by atoms with Gasteiger partial charge < -0.3 is 10.2 Å². The topological polar surface area (TPSA) is 86.8 Å². The third-order valence-corrected chi connectivity index (χ3v) is 8.50. The second-order valence-corrected chi connectivity index (χ2v) is 11.8. The number of nitrogens with zero attached hydrogens (tertiary/aromatic N) is 2. The molecule has 8 heteroatoms. The molecule has 0 aromatic heterocycles. The lowest BCUT2D eigenvalue weighted by molar-refractivity contribution is -0.138. The fraction of sp³-hybridized carbons (Fsp3) is 0.355. The summed E-state index contributed by atoms with van der Waals surface area (Å²) < 4.78 is 29.1. The fourth-order valence-corrected chi connectivity index (χ4v) is 5.78. The molecule has 2 amide bonds. The van der Waals surface area contributed by atoms with E-state index in [0.717, 1.165) is 28.7 Å². The third-order valence-electron chi connectivity index (χ3n) is 6.72. The Bertz CT molecular complexity index is 1370. The van der Waals surface area contributed by atoms with Crippen LogP contribution in [0.2, 0.25) is 0 Å². The van der Waals surface area contributed by atoms with E-state index in [1.807, 2.05) is 70.2 Å². The van der Waals surface area contributed by atoms with E-state index >= 15 is 0 Å². The third kappa shape index (κ3) is 7.69. The first-order valence-electron chi connectivity index (χ1n) is 13.3. The van der Waals surface area contributed by atoms with Crippen LogP contribution in [-0.4, -0.2) is 50.8 Å². The van der Waals surface area contributed by atoms with Gasteiger partial charge in [-0.1, -0.05) is 67.1 Å². The van der Waals surface area contributed by atoms with Gasteiger partial charge in [0.2, 0.25) is 11.8 Å². The number of hydrogen-bond acceptors (Lipinski definition) is 4. The standard InChI is InChI=1S/C31H39N3O4S/c1-6-19-32-31(36)26(5)33(20-18-27-10-8-7-9-11-27)30(35)22-34(29-21-24(3)12-15-25(29)4)39(37,38)28-16-13-23(2)14-17-28/h7-17,21,26H,6,18-20,22H2,1-5H3,(H,32,36). The molecule has 0 saturated carbocycles. The predicted octanol–water partition coefficient (Wildman–Crippen LogP) is 4.79. The minimum atomic E-state index is -4.08. The molecule has 1 N–H and O–H groups in total. The highest BCUT2D eigenvalue weighted by atomic mass is 32.2. The van der Waals surface area contributed by atoms with E-state index in [9.17, 15) is 18.0 Å². The van der Waals surface area contributed by atoms with Crippen LogP contribution in [0.5, 0.6) is 0 Å². The van der Waals surface area contributed by atoms with Gasteiger partial charge in [0, 0.05) is 13.1 Å². The van der Waals surface area contributed by atoms with Crippen molar-refractivity contribution in [1.82, 2.24) is 10.2 Å². The van der Waals surface area contributed by atoms with E-state index in [2.05, 4.69) is 5.32 Å². The van der Waals surface area contributed by atoms with Crippen molar-refractivity contribution in [1.29, 1.82) is 0 Å². The second-order valence-electron chi connectivity index (χ2n) is 9.90. The molecule has 1 atom stereocenters. The van der Waals surface area contributed by atoms with Crippen LogP contribution in [0.4, 0.5) is 5.69 Å². The number of rotatable bonds is 12. The van der Waals surface area contributed by atoms with Crippen molar-refractivity contribution in [3.8, 4) is 0 Å². The van der Waals surface area contributed by atoms with Gasteiger partial charge in [0.25, 0.3) is 10.0 Å². The first-order chi connectivity index (χ1) is 18.5. The van der Waals surface area contributed by atoms with E-state index in [1.54, 1.807) is 37.3 Å². The summed E-state index contributed by atoms with van der Waals surface area (Å²) in [6.07, 6.45) is 1.30. The number of sulfonamides is 1. The quantitative estimate of drug-likeness (QED) is 0.352. The smallest absolute Gasteiger partial charge is 0.264 e. The summed E-state index contributed by atoms with van der Waals surface area (Å²) >= 11 is 0. The Morgan fingerprint density at radius 2 is 1.54 bits per heavy atom. The van der Waals surface area contributed by atoms with E-state index in [1.165, 1.54) is 9.21 Å². The molecule has 0 saturated heterocycles. The summed E-state index contributed by atoms with van der Waals surface area (Å²) in [7, 11) is -4.08. The van der Waals surface area contributed by atoms with Crippen molar-refractivity contribution in [2.75, 3.05) is 23.9 Å². The molecule has 0 spiro atoms. The molecular formula is C31H39N3O4S. The number of nitrogens with one attached hydrogen (secondary N) is 1. The Hall–Kier alpha value is -3.65. The zero-order valence-electron chi connectivity index (χ0n) is 23.5. The molecule has 39 heavy (non-hydrogen) atoms. The Morgan fingerprint density at radius 1 is 0.897 bits per heavy atom. The Morgan fingerprint density at radius 3 is 2.18 bits per heavy atom. The first-order valence-corrected chi connectivity index (χ1v) is 14.8. The minimum Gasteiger partial charge on any atom is -0.354 e. The van der Waals surface area contributed by atoms with Crippen LogP contribution in [0.15, 0.2) is 77.7 Å². The molecule has 208 valence electrons. The van der Waals surface area contributed by atoms with Crippen LogP contribution in [0, 0.1) is 20.8 Å². The van der Waals surface area contributed by atoms with Crippen LogP contribution in [-0.2, 0) is 26.0 Å². The van der Waals surface area contributed by atoms with Crippen molar-refractivity contribution in [3.05, 3.63) is 95.1 Å². The molecule has 0 bridgehead atoms. The lowest BCUT2D eigenvalue weighted by atomic mass is 10.1. The zero-order chi connectivity index (χ0) is 28.6. The van der Waals surface area contributed by atoms with E-state index < -0.39 is 28.5 Å².